The lowest BCUT2D eigenvalue weighted by Gasteiger charge is -2.14. The first-order valence-corrected chi connectivity index (χ1v) is 6.86. The minimum Gasteiger partial charge on any atom is -0.494 e. The van der Waals surface area contributed by atoms with Crippen LogP contribution in [0.1, 0.15) is 22.9 Å². The third kappa shape index (κ3) is 3.57. The second kappa shape index (κ2) is 6.54. The van der Waals surface area contributed by atoms with Gasteiger partial charge in [0.2, 0.25) is 0 Å². The Morgan fingerprint density at radius 1 is 1.33 bits per heavy atom. The molecule has 0 aliphatic heterocycles. The standard InChI is InChI=1S/C14H18N2OS/c1-11-4-2-5-12(10-11)17-8-7-13(16-15)14-6-3-9-18-14/h2-6,9-10,13,16H,7-8,15H2,1H3. The Morgan fingerprint density at radius 2 is 2.22 bits per heavy atom. The highest BCUT2D eigenvalue weighted by atomic mass is 32.1. The minimum absolute atomic E-state index is 0.162. The van der Waals surface area contributed by atoms with Gasteiger partial charge < -0.3 is 4.74 Å². The van der Waals surface area contributed by atoms with Crippen LogP contribution in [-0.2, 0) is 0 Å². The van der Waals surface area contributed by atoms with E-state index in [1.54, 1.807) is 11.3 Å². The van der Waals surface area contributed by atoms with E-state index < -0.39 is 0 Å². The highest BCUT2D eigenvalue weighted by Crippen LogP contribution is 2.21. The smallest absolute Gasteiger partial charge is 0.119 e. The van der Waals surface area contributed by atoms with Crippen LogP contribution in [0.15, 0.2) is 41.8 Å². The third-order valence-electron chi connectivity index (χ3n) is 2.75. The molecule has 18 heavy (non-hydrogen) atoms. The maximum absolute atomic E-state index is 5.73. The van der Waals surface area contributed by atoms with Crippen molar-refractivity contribution in [1.82, 2.24) is 5.43 Å². The van der Waals surface area contributed by atoms with Gasteiger partial charge in [0.1, 0.15) is 5.75 Å². The molecule has 0 aliphatic carbocycles. The number of ether oxygens (including phenoxy) is 1. The van der Waals surface area contributed by atoms with Crippen molar-refractivity contribution in [1.29, 1.82) is 0 Å². The van der Waals surface area contributed by atoms with Gasteiger partial charge in [0.15, 0.2) is 0 Å². The molecule has 1 aromatic carbocycles. The second-order valence-electron chi connectivity index (χ2n) is 4.19. The predicted octanol–water partition coefficient (Wildman–Crippen LogP) is 3.03. The van der Waals surface area contributed by atoms with Gasteiger partial charge in [-0.05, 0) is 36.1 Å². The van der Waals surface area contributed by atoms with Gasteiger partial charge in [-0.25, -0.2) is 0 Å². The Bertz CT molecular complexity index is 470. The first kappa shape index (κ1) is 13.1. The molecule has 0 amide bonds. The molecule has 1 unspecified atom stereocenters. The highest BCUT2D eigenvalue weighted by Gasteiger charge is 2.10. The van der Waals surface area contributed by atoms with Gasteiger partial charge in [0.25, 0.3) is 0 Å². The fraction of sp³-hybridized carbons (Fsp3) is 0.286. The van der Waals surface area contributed by atoms with Crippen LogP contribution >= 0.6 is 11.3 Å². The maximum atomic E-state index is 5.73. The Balaban J connectivity index is 1.84. The van der Waals surface area contributed by atoms with Crippen molar-refractivity contribution in [2.75, 3.05) is 6.61 Å². The van der Waals surface area contributed by atoms with Crippen molar-refractivity contribution in [2.45, 2.75) is 19.4 Å². The molecule has 1 heterocycles. The van der Waals surface area contributed by atoms with E-state index in [0.29, 0.717) is 6.61 Å². The van der Waals surface area contributed by atoms with E-state index in [9.17, 15) is 0 Å². The molecule has 1 atom stereocenters. The number of nitrogens with one attached hydrogen (secondary N) is 1. The summed E-state index contributed by atoms with van der Waals surface area (Å²) in [5.74, 6) is 6.48. The van der Waals surface area contributed by atoms with Gasteiger partial charge in [-0.3, -0.25) is 11.3 Å². The van der Waals surface area contributed by atoms with Crippen LogP contribution in [0.2, 0.25) is 0 Å². The number of thiophene rings is 1. The molecule has 2 aromatic rings. The minimum atomic E-state index is 0.162. The van der Waals surface area contributed by atoms with Crippen LogP contribution in [0.25, 0.3) is 0 Å². The van der Waals surface area contributed by atoms with Gasteiger partial charge in [-0.2, -0.15) is 0 Å². The topological polar surface area (TPSA) is 47.3 Å². The molecule has 3 N–H and O–H groups in total. The molecule has 0 saturated carbocycles. The monoisotopic (exact) mass is 262 g/mol. The molecule has 0 spiro atoms. The molecule has 2 rings (SSSR count). The zero-order chi connectivity index (χ0) is 12.8. The third-order valence-corrected chi connectivity index (χ3v) is 3.74. The van der Waals surface area contributed by atoms with Gasteiger partial charge in [0.05, 0.1) is 12.6 Å². The van der Waals surface area contributed by atoms with Crippen LogP contribution in [0.3, 0.4) is 0 Å². The number of nitrogens with two attached hydrogens (primary N) is 1. The fourth-order valence-corrected chi connectivity index (χ4v) is 2.62. The lowest BCUT2D eigenvalue weighted by atomic mass is 10.2. The predicted molar refractivity (Wildman–Crippen MR) is 75.7 cm³/mol. The van der Waals surface area contributed by atoms with Crippen LogP contribution in [0.4, 0.5) is 0 Å². The molecule has 0 radical (unpaired) electrons. The van der Waals surface area contributed by atoms with Gasteiger partial charge in [0, 0.05) is 11.3 Å². The van der Waals surface area contributed by atoms with Gasteiger partial charge >= 0.3 is 0 Å². The SMILES string of the molecule is Cc1cccc(OCCC(NN)c2cccs2)c1. The fourth-order valence-electron chi connectivity index (χ4n) is 1.80. The molecule has 0 fully saturated rings. The molecular formula is C14H18N2OS. The molecule has 1 aromatic heterocycles. The van der Waals surface area contributed by atoms with Gasteiger partial charge in [-0.15, -0.1) is 11.3 Å². The molecule has 0 aliphatic rings. The van der Waals surface area contributed by atoms with Crippen LogP contribution in [0, 0.1) is 6.92 Å². The maximum Gasteiger partial charge on any atom is 0.119 e. The van der Waals surface area contributed by atoms with E-state index in [1.165, 1.54) is 10.4 Å². The van der Waals surface area contributed by atoms with E-state index in [-0.39, 0.29) is 6.04 Å². The number of hydrogen-bond donors (Lipinski definition) is 2. The van der Waals surface area contributed by atoms with Crippen molar-refractivity contribution in [2.24, 2.45) is 5.84 Å². The van der Waals surface area contributed by atoms with Gasteiger partial charge in [-0.1, -0.05) is 18.2 Å². The quantitative estimate of drug-likeness (QED) is 0.621. The van der Waals surface area contributed by atoms with E-state index >= 15 is 0 Å². The van der Waals surface area contributed by atoms with E-state index in [0.717, 1.165) is 12.2 Å². The van der Waals surface area contributed by atoms with E-state index in [1.807, 2.05) is 24.3 Å². The molecule has 4 heteroatoms. The Labute approximate surface area is 112 Å². The first-order valence-electron chi connectivity index (χ1n) is 5.98. The highest BCUT2D eigenvalue weighted by molar-refractivity contribution is 7.10. The number of aryl methyl sites for hydroxylation is 1. The second-order valence-corrected chi connectivity index (χ2v) is 5.17. The van der Waals surface area contributed by atoms with Crippen molar-refractivity contribution in [3.8, 4) is 5.75 Å². The van der Waals surface area contributed by atoms with E-state index in [4.69, 9.17) is 10.6 Å². The number of hydrazine groups is 1. The van der Waals surface area contributed by atoms with Crippen molar-refractivity contribution in [3.05, 3.63) is 52.2 Å². The summed E-state index contributed by atoms with van der Waals surface area (Å²) in [5.41, 5.74) is 4.04. The summed E-state index contributed by atoms with van der Waals surface area (Å²) < 4.78 is 5.73. The van der Waals surface area contributed by atoms with Crippen molar-refractivity contribution < 1.29 is 4.74 Å². The molecule has 0 bridgehead atoms. The average molecular weight is 262 g/mol. The Kier molecular flexibility index (Phi) is 4.75. The van der Waals surface area contributed by atoms with Crippen molar-refractivity contribution >= 4 is 11.3 Å². The lowest BCUT2D eigenvalue weighted by molar-refractivity contribution is 0.288. The number of benzene rings is 1. The van der Waals surface area contributed by atoms with Crippen LogP contribution in [0.5, 0.6) is 5.75 Å². The van der Waals surface area contributed by atoms with Crippen LogP contribution in [-0.4, -0.2) is 6.61 Å². The summed E-state index contributed by atoms with van der Waals surface area (Å²) in [6.45, 7) is 2.71. The summed E-state index contributed by atoms with van der Waals surface area (Å²) in [7, 11) is 0. The number of rotatable bonds is 6. The molecular weight excluding hydrogens is 244 g/mol. The first-order chi connectivity index (χ1) is 8.79. The summed E-state index contributed by atoms with van der Waals surface area (Å²) in [5, 5.41) is 2.06. The van der Waals surface area contributed by atoms with E-state index in [2.05, 4.69) is 29.9 Å². The average Bonchev–Trinajstić information content (AvgIpc) is 2.88. The Morgan fingerprint density at radius 3 is 2.89 bits per heavy atom. The largest absolute Gasteiger partial charge is 0.494 e. The normalized spacial score (nSPS) is 12.3. The zero-order valence-electron chi connectivity index (χ0n) is 10.4. The lowest BCUT2D eigenvalue weighted by Crippen LogP contribution is -2.28. The summed E-state index contributed by atoms with van der Waals surface area (Å²) >= 11 is 1.71. The Hall–Kier alpha value is -1.36. The van der Waals surface area contributed by atoms with Crippen LogP contribution < -0.4 is 16.0 Å². The molecule has 0 saturated heterocycles. The molecule has 96 valence electrons. The zero-order valence-corrected chi connectivity index (χ0v) is 11.2. The summed E-state index contributed by atoms with van der Waals surface area (Å²) in [6.07, 6.45) is 0.852. The summed E-state index contributed by atoms with van der Waals surface area (Å²) in [4.78, 5) is 1.24. The molecule has 3 nitrogen and oxygen atoms in total. The van der Waals surface area contributed by atoms with Crippen molar-refractivity contribution in [3.63, 3.8) is 0 Å². The number of hydrogen-bond acceptors (Lipinski definition) is 4. The summed E-state index contributed by atoms with van der Waals surface area (Å²) in [6, 6.07) is 12.4.